The molecule has 0 bridgehead atoms. The van der Waals surface area contributed by atoms with E-state index in [1.807, 2.05) is 25.1 Å². The van der Waals surface area contributed by atoms with Crippen LogP contribution in [0.3, 0.4) is 0 Å². The molecular formula is C24H28N6O2. The number of aryl methyl sites for hydroxylation is 3. The number of carbonyl (C=O) groups is 1. The fourth-order valence-corrected chi connectivity index (χ4v) is 4.06. The molecule has 0 spiro atoms. The summed E-state index contributed by atoms with van der Waals surface area (Å²) in [5.74, 6) is 0.883. The zero-order valence-electron chi connectivity index (χ0n) is 18.6. The molecule has 1 atom stereocenters. The second-order valence-electron chi connectivity index (χ2n) is 8.23. The van der Waals surface area contributed by atoms with Crippen molar-refractivity contribution in [3.8, 4) is 0 Å². The Morgan fingerprint density at radius 2 is 1.97 bits per heavy atom. The molecule has 0 unspecified atom stereocenters. The highest BCUT2D eigenvalue weighted by Crippen LogP contribution is 2.24. The lowest BCUT2D eigenvalue weighted by Gasteiger charge is -2.16. The number of amides is 1. The zero-order chi connectivity index (χ0) is 22.8. The van der Waals surface area contributed by atoms with E-state index in [1.54, 1.807) is 12.3 Å². The van der Waals surface area contributed by atoms with Gasteiger partial charge in [0.2, 0.25) is 5.91 Å². The van der Waals surface area contributed by atoms with Crippen LogP contribution in [0, 0.1) is 20.8 Å². The Morgan fingerprint density at radius 1 is 1.16 bits per heavy atom. The lowest BCUT2D eigenvalue weighted by molar-refractivity contribution is -0.124. The molecule has 0 aliphatic carbocycles. The fraction of sp³-hybridized carbons (Fsp3) is 0.333. The summed E-state index contributed by atoms with van der Waals surface area (Å²) in [7, 11) is 0. The second-order valence-corrected chi connectivity index (χ2v) is 8.23. The van der Waals surface area contributed by atoms with Crippen LogP contribution in [-0.2, 0) is 24.3 Å². The summed E-state index contributed by atoms with van der Waals surface area (Å²) in [5, 5.41) is 6.14. The molecule has 1 aromatic carbocycles. The topological polar surface area (TPSA) is 115 Å². The largest absolute Gasteiger partial charge is 0.384 e. The van der Waals surface area contributed by atoms with Gasteiger partial charge in [-0.25, -0.2) is 9.97 Å². The molecular weight excluding hydrogens is 404 g/mol. The Kier molecular flexibility index (Phi) is 5.94. The normalized spacial score (nSPS) is 14.8. The minimum absolute atomic E-state index is 0.199. The number of aromatic nitrogens is 3. The summed E-state index contributed by atoms with van der Waals surface area (Å²) in [6, 6.07) is 9.10. The number of rotatable bonds is 6. The Balaban J connectivity index is 1.49. The van der Waals surface area contributed by atoms with E-state index in [-0.39, 0.29) is 11.5 Å². The SMILES string of the molecule is Cc1cccc(CNc2cnc3n(c2=O)[C@H](C(=O)NCc2ccc(N)nc2C)CC3)c1C. The van der Waals surface area contributed by atoms with Crippen LogP contribution in [0.5, 0.6) is 0 Å². The highest BCUT2D eigenvalue weighted by molar-refractivity contribution is 5.81. The quantitative estimate of drug-likeness (QED) is 0.551. The number of benzene rings is 1. The number of hydrogen-bond acceptors (Lipinski definition) is 6. The van der Waals surface area contributed by atoms with Gasteiger partial charge in [0.15, 0.2) is 0 Å². The Labute approximate surface area is 186 Å². The van der Waals surface area contributed by atoms with Crippen LogP contribution in [0.2, 0.25) is 0 Å². The van der Waals surface area contributed by atoms with Gasteiger partial charge >= 0.3 is 0 Å². The highest BCUT2D eigenvalue weighted by Gasteiger charge is 2.31. The Bertz CT molecular complexity index is 1230. The van der Waals surface area contributed by atoms with E-state index in [9.17, 15) is 9.59 Å². The monoisotopic (exact) mass is 432 g/mol. The first-order valence-corrected chi connectivity index (χ1v) is 10.7. The molecule has 0 fully saturated rings. The first-order valence-electron chi connectivity index (χ1n) is 10.7. The molecule has 2 aromatic heterocycles. The van der Waals surface area contributed by atoms with Gasteiger partial charge in [-0.05, 0) is 55.5 Å². The van der Waals surface area contributed by atoms with Crippen molar-refractivity contribution in [1.29, 1.82) is 0 Å². The van der Waals surface area contributed by atoms with Gasteiger partial charge in [-0.2, -0.15) is 0 Å². The van der Waals surface area contributed by atoms with Crippen LogP contribution < -0.4 is 21.9 Å². The molecule has 0 radical (unpaired) electrons. The van der Waals surface area contributed by atoms with Crippen molar-refractivity contribution in [2.75, 3.05) is 11.1 Å². The number of nitrogens with two attached hydrogens (primary N) is 1. The molecule has 8 nitrogen and oxygen atoms in total. The maximum absolute atomic E-state index is 13.2. The van der Waals surface area contributed by atoms with Gasteiger partial charge in [0.25, 0.3) is 5.56 Å². The van der Waals surface area contributed by atoms with Gasteiger partial charge in [-0.3, -0.25) is 14.2 Å². The van der Waals surface area contributed by atoms with Crippen LogP contribution in [0.15, 0.2) is 41.3 Å². The van der Waals surface area contributed by atoms with Gasteiger partial charge in [0, 0.05) is 25.2 Å². The maximum atomic E-state index is 13.2. The fourth-order valence-electron chi connectivity index (χ4n) is 4.06. The average molecular weight is 433 g/mol. The van der Waals surface area contributed by atoms with Crippen molar-refractivity contribution >= 4 is 17.4 Å². The van der Waals surface area contributed by atoms with Crippen LogP contribution in [0.4, 0.5) is 11.5 Å². The number of carbonyl (C=O) groups excluding carboxylic acids is 1. The molecule has 166 valence electrons. The number of anilines is 2. The summed E-state index contributed by atoms with van der Waals surface area (Å²) >= 11 is 0. The summed E-state index contributed by atoms with van der Waals surface area (Å²) in [5.41, 5.74) is 11.1. The van der Waals surface area contributed by atoms with Gasteiger partial charge in [0.1, 0.15) is 23.4 Å². The van der Waals surface area contributed by atoms with Gasteiger partial charge in [-0.1, -0.05) is 24.3 Å². The number of nitrogens with one attached hydrogen (secondary N) is 2. The minimum atomic E-state index is -0.575. The molecule has 3 aromatic rings. The molecule has 0 saturated carbocycles. The Morgan fingerprint density at radius 3 is 2.75 bits per heavy atom. The first-order chi connectivity index (χ1) is 15.3. The third-order valence-corrected chi connectivity index (χ3v) is 6.18. The van der Waals surface area contributed by atoms with E-state index in [2.05, 4.69) is 40.5 Å². The Hall–Kier alpha value is -3.68. The van der Waals surface area contributed by atoms with Crippen molar-refractivity contribution in [3.05, 3.63) is 80.7 Å². The van der Waals surface area contributed by atoms with Crippen LogP contribution in [0.1, 0.15) is 46.2 Å². The minimum Gasteiger partial charge on any atom is -0.384 e. The van der Waals surface area contributed by atoms with Crippen molar-refractivity contribution in [3.63, 3.8) is 0 Å². The third kappa shape index (κ3) is 4.21. The van der Waals surface area contributed by atoms with E-state index < -0.39 is 6.04 Å². The van der Waals surface area contributed by atoms with E-state index >= 15 is 0 Å². The number of nitrogens with zero attached hydrogens (tertiary/aromatic N) is 3. The zero-order valence-corrected chi connectivity index (χ0v) is 18.6. The molecule has 1 aliphatic heterocycles. The van der Waals surface area contributed by atoms with Gasteiger partial charge in [0.05, 0.1) is 6.20 Å². The molecule has 4 N–H and O–H groups in total. The smallest absolute Gasteiger partial charge is 0.277 e. The highest BCUT2D eigenvalue weighted by atomic mass is 16.2. The summed E-state index contributed by atoms with van der Waals surface area (Å²) in [6.45, 7) is 6.83. The molecule has 1 amide bonds. The molecule has 0 saturated heterocycles. The molecule has 3 heterocycles. The standard InChI is InChI=1S/C24H28N6O2/c1-14-5-4-6-17(15(14)2)11-26-19-13-27-22-10-8-20(30(22)24(19)32)23(31)28-12-18-7-9-21(25)29-16(18)3/h4-7,9,13,20,26H,8,10-12H2,1-3H3,(H2,25,29)(H,28,31)/t20-/m0/s1. The molecule has 1 aliphatic rings. The van der Waals surface area contributed by atoms with E-state index in [4.69, 9.17) is 5.73 Å². The van der Waals surface area contributed by atoms with Crippen molar-refractivity contribution in [2.24, 2.45) is 0 Å². The molecule has 8 heteroatoms. The van der Waals surface area contributed by atoms with E-state index in [1.165, 1.54) is 15.7 Å². The number of nitrogen functional groups attached to an aromatic ring is 1. The van der Waals surface area contributed by atoms with E-state index in [0.29, 0.717) is 43.3 Å². The summed E-state index contributed by atoms with van der Waals surface area (Å²) in [6.07, 6.45) is 2.71. The van der Waals surface area contributed by atoms with Crippen LogP contribution in [0.25, 0.3) is 0 Å². The summed E-state index contributed by atoms with van der Waals surface area (Å²) < 4.78 is 1.52. The van der Waals surface area contributed by atoms with E-state index in [0.717, 1.165) is 16.8 Å². The number of hydrogen-bond donors (Lipinski definition) is 3. The van der Waals surface area contributed by atoms with Crippen LogP contribution in [-0.4, -0.2) is 20.4 Å². The lowest BCUT2D eigenvalue weighted by atomic mass is 10.0. The van der Waals surface area contributed by atoms with Crippen LogP contribution >= 0.6 is 0 Å². The molecule has 4 rings (SSSR count). The van der Waals surface area contributed by atoms with Crippen molar-refractivity contribution < 1.29 is 4.79 Å². The number of pyridine rings is 1. The van der Waals surface area contributed by atoms with Crippen molar-refractivity contribution in [2.45, 2.75) is 52.7 Å². The molecule has 32 heavy (non-hydrogen) atoms. The number of fused-ring (bicyclic) bond motifs is 1. The second kappa shape index (κ2) is 8.82. The first kappa shape index (κ1) is 21.5. The third-order valence-electron chi connectivity index (χ3n) is 6.18. The summed E-state index contributed by atoms with van der Waals surface area (Å²) in [4.78, 5) is 34.8. The predicted molar refractivity (Wildman–Crippen MR) is 124 cm³/mol. The average Bonchev–Trinajstić information content (AvgIpc) is 3.20. The predicted octanol–water partition coefficient (Wildman–Crippen LogP) is 2.56. The van der Waals surface area contributed by atoms with Crippen molar-refractivity contribution in [1.82, 2.24) is 19.9 Å². The lowest BCUT2D eigenvalue weighted by Crippen LogP contribution is -2.36. The van der Waals surface area contributed by atoms with Gasteiger partial charge < -0.3 is 16.4 Å². The van der Waals surface area contributed by atoms with Gasteiger partial charge in [-0.15, -0.1) is 0 Å². The maximum Gasteiger partial charge on any atom is 0.277 e.